The Kier molecular flexibility index (Phi) is 2.74. The minimum Gasteiger partial charge on any atom is -0.232 e. The highest BCUT2D eigenvalue weighted by Gasteiger charge is 2.07. The first-order valence-electron chi connectivity index (χ1n) is 5.26. The highest BCUT2D eigenvalue weighted by atomic mass is 32.1. The van der Waals surface area contributed by atoms with E-state index in [4.69, 9.17) is 0 Å². The molecule has 0 saturated heterocycles. The van der Waals surface area contributed by atoms with Crippen LogP contribution in [0, 0.1) is 6.92 Å². The van der Waals surface area contributed by atoms with Crippen molar-refractivity contribution in [2.24, 2.45) is 0 Å². The molecule has 0 spiro atoms. The number of hydrogen-bond acceptors (Lipinski definition) is 4. The van der Waals surface area contributed by atoms with Crippen LogP contribution in [0.2, 0.25) is 0 Å². The lowest BCUT2D eigenvalue weighted by Crippen LogP contribution is -1.92. The van der Waals surface area contributed by atoms with Crippen LogP contribution < -0.4 is 0 Å². The van der Waals surface area contributed by atoms with Crippen molar-refractivity contribution in [3.05, 3.63) is 46.9 Å². The van der Waals surface area contributed by atoms with E-state index in [0.717, 1.165) is 17.2 Å². The topological polar surface area (TPSA) is 25.8 Å². The lowest BCUT2D eigenvalue weighted by atomic mass is 10.2. The normalized spacial score (nSPS) is 10.6. The molecule has 4 heteroatoms. The average Bonchev–Trinajstić information content (AvgIpc) is 3.02. The molecule has 84 valence electrons. The number of nitrogens with zero attached hydrogens (tertiary/aromatic N) is 2. The molecule has 0 fully saturated rings. The predicted molar refractivity (Wildman–Crippen MR) is 73.4 cm³/mol. The lowest BCUT2D eigenvalue weighted by Gasteiger charge is -2.02. The van der Waals surface area contributed by atoms with Gasteiger partial charge in [-0.25, -0.2) is 9.97 Å². The Morgan fingerprint density at radius 1 is 0.882 bits per heavy atom. The first-order chi connectivity index (χ1) is 8.33. The molecule has 2 nitrogen and oxygen atoms in total. The number of aryl methyl sites for hydroxylation is 1. The highest BCUT2D eigenvalue weighted by Crippen LogP contribution is 2.28. The molecule has 3 rings (SSSR count). The van der Waals surface area contributed by atoms with E-state index in [2.05, 4.69) is 38.9 Å². The molecule has 3 aromatic rings. The molecule has 0 amide bonds. The minimum absolute atomic E-state index is 0.819. The van der Waals surface area contributed by atoms with Crippen LogP contribution in [0.5, 0.6) is 0 Å². The van der Waals surface area contributed by atoms with Crippen LogP contribution in [-0.4, -0.2) is 9.97 Å². The lowest BCUT2D eigenvalue weighted by molar-refractivity contribution is 1.07. The van der Waals surface area contributed by atoms with Crippen LogP contribution in [0.25, 0.3) is 21.1 Å². The molecule has 17 heavy (non-hydrogen) atoms. The first-order valence-corrected chi connectivity index (χ1v) is 7.02. The van der Waals surface area contributed by atoms with Gasteiger partial charge in [0, 0.05) is 0 Å². The number of hydrogen-bond donors (Lipinski definition) is 0. The van der Waals surface area contributed by atoms with Gasteiger partial charge in [0.2, 0.25) is 0 Å². The minimum atomic E-state index is 0.819. The van der Waals surface area contributed by atoms with Crippen LogP contribution in [0.4, 0.5) is 0 Å². The molecule has 0 radical (unpaired) electrons. The number of aromatic nitrogens is 2. The molecule has 0 unspecified atom stereocenters. The summed E-state index contributed by atoms with van der Waals surface area (Å²) in [5.41, 5.74) is 2.02. The van der Waals surface area contributed by atoms with Gasteiger partial charge in [-0.3, -0.25) is 0 Å². The van der Waals surface area contributed by atoms with E-state index in [-0.39, 0.29) is 0 Å². The predicted octanol–water partition coefficient (Wildman–Crippen LogP) is 4.24. The molecule has 0 aliphatic heterocycles. The molecule has 0 atom stereocenters. The largest absolute Gasteiger partial charge is 0.232 e. The van der Waals surface area contributed by atoms with Gasteiger partial charge in [-0.2, -0.15) is 0 Å². The Morgan fingerprint density at radius 2 is 1.41 bits per heavy atom. The van der Waals surface area contributed by atoms with E-state index in [1.807, 2.05) is 19.1 Å². The van der Waals surface area contributed by atoms with Crippen LogP contribution >= 0.6 is 22.7 Å². The van der Waals surface area contributed by atoms with E-state index < -0.39 is 0 Å². The zero-order valence-electron chi connectivity index (χ0n) is 9.25. The van der Waals surface area contributed by atoms with Gasteiger partial charge in [0.05, 0.1) is 21.1 Å². The van der Waals surface area contributed by atoms with E-state index in [9.17, 15) is 0 Å². The van der Waals surface area contributed by atoms with Gasteiger partial charge < -0.3 is 0 Å². The summed E-state index contributed by atoms with van der Waals surface area (Å²) in [6, 6.07) is 10.3. The molecule has 0 aliphatic carbocycles. The molecule has 3 aromatic heterocycles. The summed E-state index contributed by atoms with van der Waals surface area (Å²) in [7, 11) is 0. The monoisotopic (exact) mass is 258 g/mol. The third-order valence-electron chi connectivity index (χ3n) is 2.39. The number of rotatable bonds is 2. The van der Waals surface area contributed by atoms with Crippen molar-refractivity contribution < 1.29 is 0 Å². The summed E-state index contributed by atoms with van der Waals surface area (Å²) in [5, 5.41) is 4.13. The van der Waals surface area contributed by atoms with Gasteiger partial charge in [-0.15, -0.1) is 22.7 Å². The Balaban J connectivity index is 2.13. The molecule has 3 heterocycles. The van der Waals surface area contributed by atoms with Gasteiger partial charge in [-0.1, -0.05) is 12.1 Å². The molecule has 0 bridgehead atoms. The summed E-state index contributed by atoms with van der Waals surface area (Å²) in [5.74, 6) is 0.819. The zero-order chi connectivity index (χ0) is 11.7. The van der Waals surface area contributed by atoms with Gasteiger partial charge in [0.25, 0.3) is 0 Å². The summed E-state index contributed by atoms with van der Waals surface area (Å²) >= 11 is 3.41. The fourth-order valence-electron chi connectivity index (χ4n) is 1.67. The van der Waals surface area contributed by atoms with Crippen molar-refractivity contribution in [3.8, 4) is 21.1 Å². The Bertz CT molecular complexity index is 560. The second kappa shape index (κ2) is 4.39. The molecule has 0 aromatic carbocycles. The van der Waals surface area contributed by atoms with Gasteiger partial charge >= 0.3 is 0 Å². The third-order valence-corrected chi connectivity index (χ3v) is 4.17. The summed E-state index contributed by atoms with van der Waals surface area (Å²) in [6.07, 6.45) is 0. The molecular weight excluding hydrogens is 248 g/mol. The third kappa shape index (κ3) is 2.14. The standard InChI is InChI=1S/C13H10N2S2/c1-9-14-10(12-4-2-6-16-12)8-11(15-9)13-5-3-7-17-13/h2-8H,1H3. The van der Waals surface area contributed by atoms with Crippen LogP contribution in [0.3, 0.4) is 0 Å². The Hall–Kier alpha value is -1.52. The second-order valence-electron chi connectivity index (χ2n) is 3.64. The van der Waals surface area contributed by atoms with E-state index >= 15 is 0 Å². The maximum absolute atomic E-state index is 4.49. The Labute approximate surface area is 108 Å². The summed E-state index contributed by atoms with van der Waals surface area (Å²) in [4.78, 5) is 11.4. The average molecular weight is 258 g/mol. The van der Waals surface area contributed by atoms with E-state index in [1.54, 1.807) is 22.7 Å². The number of thiophene rings is 2. The molecular formula is C13H10N2S2. The summed E-state index contributed by atoms with van der Waals surface area (Å²) in [6.45, 7) is 1.94. The first kappa shape index (κ1) is 10.6. The maximum Gasteiger partial charge on any atom is 0.126 e. The van der Waals surface area contributed by atoms with Crippen LogP contribution in [-0.2, 0) is 0 Å². The van der Waals surface area contributed by atoms with E-state index in [1.165, 1.54) is 9.75 Å². The molecule has 0 N–H and O–H groups in total. The van der Waals surface area contributed by atoms with Crippen molar-refractivity contribution >= 4 is 22.7 Å². The van der Waals surface area contributed by atoms with E-state index in [0.29, 0.717) is 0 Å². The van der Waals surface area contributed by atoms with Crippen molar-refractivity contribution in [2.45, 2.75) is 6.92 Å². The van der Waals surface area contributed by atoms with Crippen molar-refractivity contribution in [1.29, 1.82) is 0 Å². The zero-order valence-corrected chi connectivity index (χ0v) is 10.9. The smallest absolute Gasteiger partial charge is 0.126 e. The SMILES string of the molecule is Cc1nc(-c2cccs2)cc(-c2cccs2)n1. The van der Waals surface area contributed by atoms with Gasteiger partial charge in [-0.05, 0) is 35.9 Å². The molecule has 0 saturated carbocycles. The summed E-state index contributed by atoms with van der Waals surface area (Å²) < 4.78 is 0. The van der Waals surface area contributed by atoms with Crippen molar-refractivity contribution in [2.75, 3.05) is 0 Å². The van der Waals surface area contributed by atoms with Crippen molar-refractivity contribution in [1.82, 2.24) is 9.97 Å². The quantitative estimate of drug-likeness (QED) is 0.687. The maximum atomic E-state index is 4.49. The van der Waals surface area contributed by atoms with Gasteiger partial charge in [0.15, 0.2) is 0 Å². The van der Waals surface area contributed by atoms with Crippen LogP contribution in [0.15, 0.2) is 41.1 Å². The van der Waals surface area contributed by atoms with Gasteiger partial charge in [0.1, 0.15) is 5.82 Å². The fraction of sp³-hybridized carbons (Fsp3) is 0.0769. The van der Waals surface area contributed by atoms with Crippen molar-refractivity contribution in [3.63, 3.8) is 0 Å². The highest BCUT2D eigenvalue weighted by molar-refractivity contribution is 7.13. The Morgan fingerprint density at radius 3 is 1.82 bits per heavy atom. The fourth-order valence-corrected chi connectivity index (χ4v) is 3.04. The molecule has 0 aliphatic rings. The van der Waals surface area contributed by atoms with Crippen LogP contribution in [0.1, 0.15) is 5.82 Å². The second-order valence-corrected chi connectivity index (χ2v) is 5.54.